The monoisotopic (exact) mass is 255 g/mol. The van der Waals surface area contributed by atoms with Gasteiger partial charge in [-0.2, -0.15) is 5.06 Å². The molecule has 2 nitrogen and oxygen atoms in total. The molecule has 0 amide bonds. The summed E-state index contributed by atoms with van der Waals surface area (Å²) in [6, 6.07) is 17.1. The summed E-state index contributed by atoms with van der Waals surface area (Å²) in [6.45, 7) is 5.82. The lowest BCUT2D eigenvalue weighted by molar-refractivity contribution is -0.146. The van der Waals surface area contributed by atoms with Gasteiger partial charge in [-0.15, -0.1) is 0 Å². The van der Waals surface area contributed by atoms with E-state index in [2.05, 4.69) is 62.4 Å². The molecule has 0 aromatic heterocycles. The van der Waals surface area contributed by atoms with Gasteiger partial charge in [0.2, 0.25) is 0 Å². The minimum Gasteiger partial charge on any atom is -0.302 e. The normalized spacial score (nSPS) is 10.9. The molecule has 2 aromatic rings. The maximum absolute atomic E-state index is 5.47. The molecule has 0 saturated heterocycles. The van der Waals surface area contributed by atoms with E-state index in [4.69, 9.17) is 4.84 Å². The van der Waals surface area contributed by atoms with Crippen LogP contribution < -0.4 is 0 Å². The predicted octanol–water partition coefficient (Wildman–Crippen LogP) is 3.87. The summed E-state index contributed by atoms with van der Waals surface area (Å²) < 4.78 is 0. The topological polar surface area (TPSA) is 12.5 Å². The molecule has 2 rings (SSSR count). The molecule has 0 atom stereocenters. The van der Waals surface area contributed by atoms with E-state index in [1.165, 1.54) is 22.3 Å². The number of nitrogens with zero attached hydrogens (tertiary/aromatic N) is 1. The first-order valence-corrected chi connectivity index (χ1v) is 6.57. The van der Waals surface area contributed by atoms with Crippen LogP contribution in [0.4, 0.5) is 0 Å². The number of rotatable bonds is 5. The first kappa shape index (κ1) is 13.8. The van der Waals surface area contributed by atoms with Gasteiger partial charge in [0, 0.05) is 13.1 Å². The largest absolute Gasteiger partial charge is 0.302 e. The van der Waals surface area contributed by atoms with Crippen LogP contribution in [-0.2, 0) is 17.9 Å². The summed E-state index contributed by atoms with van der Waals surface area (Å²) in [5.41, 5.74) is 5.11. The second-order valence-electron chi connectivity index (χ2n) is 4.96. The third kappa shape index (κ3) is 4.19. The molecule has 0 unspecified atom stereocenters. The van der Waals surface area contributed by atoms with Crippen LogP contribution in [0, 0.1) is 13.8 Å². The molecule has 0 aliphatic rings. The molecule has 0 aliphatic carbocycles. The van der Waals surface area contributed by atoms with Gasteiger partial charge in [-0.25, -0.2) is 0 Å². The Morgan fingerprint density at radius 3 is 1.68 bits per heavy atom. The molecule has 2 heteroatoms. The lowest BCUT2D eigenvalue weighted by Crippen LogP contribution is -2.21. The Morgan fingerprint density at radius 1 is 0.842 bits per heavy atom. The average Bonchev–Trinajstić information content (AvgIpc) is 2.38. The van der Waals surface area contributed by atoms with Crippen molar-refractivity contribution in [1.82, 2.24) is 5.06 Å². The maximum atomic E-state index is 5.47. The van der Waals surface area contributed by atoms with Gasteiger partial charge in [0.05, 0.1) is 7.11 Å². The third-order valence-corrected chi connectivity index (χ3v) is 3.14. The zero-order chi connectivity index (χ0) is 13.7. The highest BCUT2D eigenvalue weighted by molar-refractivity contribution is 5.23. The highest BCUT2D eigenvalue weighted by atomic mass is 16.7. The minimum absolute atomic E-state index is 0.798. The van der Waals surface area contributed by atoms with Crippen molar-refractivity contribution in [1.29, 1.82) is 0 Å². The predicted molar refractivity (Wildman–Crippen MR) is 78.6 cm³/mol. The zero-order valence-electron chi connectivity index (χ0n) is 11.9. The van der Waals surface area contributed by atoms with Crippen LogP contribution in [0.5, 0.6) is 0 Å². The van der Waals surface area contributed by atoms with Crippen molar-refractivity contribution in [3.05, 3.63) is 70.8 Å². The van der Waals surface area contributed by atoms with Crippen molar-refractivity contribution in [3.63, 3.8) is 0 Å². The first-order chi connectivity index (χ1) is 9.17. The van der Waals surface area contributed by atoms with Gasteiger partial charge in [-0.05, 0) is 25.0 Å². The number of aryl methyl sites for hydroxylation is 2. The number of benzene rings is 2. The molecular weight excluding hydrogens is 234 g/mol. The van der Waals surface area contributed by atoms with E-state index in [1.807, 2.05) is 5.06 Å². The highest BCUT2D eigenvalue weighted by Crippen LogP contribution is 2.12. The van der Waals surface area contributed by atoms with E-state index in [9.17, 15) is 0 Å². The second-order valence-corrected chi connectivity index (χ2v) is 4.96. The maximum Gasteiger partial charge on any atom is 0.0575 e. The molecule has 0 heterocycles. The highest BCUT2D eigenvalue weighted by Gasteiger charge is 2.06. The fraction of sp³-hybridized carbons (Fsp3) is 0.294. The molecule has 0 spiro atoms. The molecule has 0 aliphatic heterocycles. The molecular formula is C17H21NO. The van der Waals surface area contributed by atoms with Crippen molar-refractivity contribution in [2.24, 2.45) is 0 Å². The van der Waals surface area contributed by atoms with Crippen molar-refractivity contribution in [3.8, 4) is 0 Å². The lowest BCUT2D eigenvalue weighted by Gasteiger charge is -2.20. The molecule has 0 bridgehead atoms. The molecule has 0 fully saturated rings. The van der Waals surface area contributed by atoms with Gasteiger partial charge in [-0.3, -0.25) is 0 Å². The summed E-state index contributed by atoms with van der Waals surface area (Å²) in [5, 5.41) is 1.98. The SMILES string of the molecule is CON(Cc1cccc(C)c1)Cc1cccc(C)c1. The van der Waals surface area contributed by atoms with Gasteiger partial charge in [0.15, 0.2) is 0 Å². The van der Waals surface area contributed by atoms with Crippen molar-refractivity contribution < 1.29 is 4.84 Å². The van der Waals surface area contributed by atoms with Gasteiger partial charge in [0.25, 0.3) is 0 Å². The van der Waals surface area contributed by atoms with E-state index in [0.717, 1.165) is 13.1 Å². The van der Waals surface area contributed by atoms with E-state index in [-0.39, 0.29) is 0 Å². The summed E-state index contributed by atoms with van der Waals surface area (Å²) in [4.78, 5) is 5.47. The van der Waals surface area contributed by atoms with E-state index >= 15 is 0 Å². The van der Waals surface area contributed by atoms with Crippen molar-refractivity contribution in [2.45, 2.75) is 26.9 Å². The van der Waals surface area contributed by atoms with E-state index in [1.54, 1.807) is 7.11 Å². The molecule has 100 valence electrons. The standard InChI is InChI=1S/C17H21NO/c1-14-6-4-8-16(10-14)12-18(19-3)13-17-9-5-7-15(2)11-17/h4-11H,12-13H2,1-3H3. The van der Waals surface area contributed by atoms with Crippen LogP contribution in [0.3, 0.4) is 0 Å². The van der Waals surface area contributed by atoms with E-state index < -0.39 is 0 Å². The molecule has 0 radical (unpaired) electrons. The Balaban J connectivity index is 2.04. The summed E-state index contributed by atoms with van der Waals surface area (Å²) in [6.07, 6.45) is 0. The number of hydrogen-bond donors (Lipinski definition) is 0. The van der Waals surface area contributed by atoms with Gasteiger partial charge in [-0.1, -0.05) is 59.7 Å². The fourth-order valence-electron chi connectivity index (χ4n) is 2.21. The Morgan fingerprint density at radius 2 is 1.32 bits per heavy atom. The quantitative estimate of drug-likeness (QED) is 0.752. The summed E-state index contributed by atoms with van der Waals surface area (Å²) in [7, 11) is 1.73. The molecule has 2 aromatic carbocycles. The molecule has 0 N–H and O–H groups in total. The molecule has 0 saturated carbocycles. The van der Waals surface area contributed by atoms with Gasteiger partial charge < -0.3 is 4.84 Å². The zero-order valence-corrected chi connectivity index (χ0v) is 11.9. The number of hydrogen-bond acceptors (Lipinski definition) is 2. The summed E-state index contributed by atoms with van der Waals surface area (Å²) in [5.74, 6) is 0. The van der Waals surface area contributed by atoms with Gasteiger partial charge >= 0.3 is 0 Å². The second kappa shape index (κ2) is 6.50. The van der Waals surface area contributed by atoms with Crippen LogP contribution in [0.2, 0.25) is 0 Å². The lowest BCUT2D eigenvalue weighted by atomic mass is 10.1. The Bertz CT molecular complexity index is 489. The van der Waals surface area contributed by atoms with Gasteiger partial charge in [0.1, 0.15) is 0 Å². The summed E-state index contributed by atoms with van der Waals surface area (Å²) >= 11 is 0. The number of hydroxylamine groups is 2. The smallest absolute Gasteiger partial charge is 0.0575 e. The van der Waals surface area contributed by atoms with Crippen LogP contribution in [-0.4, -0.2) is 12.2 Å². The van der Waals surface area contributed by atoms with Crippen LogP contribution in [0.25, 0.3) is 0 Å². The van der Waals surface area contributed by atoms with Crippen LogP contribution >= 0.6 is 0 Å². The Kier molecular flexibility index (Phi) is 4.72. The van der Waals surface area contributed by atoms with Crippen LogP contribution in [0.1, 0.15) is 22.3 Å². The fourth-order valence-corrected chi connectivity index (χ4v) is 2.21. The average molecular weight is 255 g/mol. The Labute approximate surface area is 115 Å². The van der Waals surface area contributed by atoms with Crippen molar-refractivity contribution >= 4 is 0 Å². The van der Waals surface area contributed by atoms with Crippen LogP contribution in [0.15, 0.2) is 48.5 Å². The minimum atomic E-state index is 0.798. The Hall–Kier alpha value is -1.64. The first-order valence-electron chi connectivity index (χ1n) is 6.57. The third-order valence-electron chi connectivity index (χ3n) is 3.14. The van der Waals surface area contributed by atoms with Crippen molar-refractivity contribution in [2.75, 3.05) is 7.11 Å². The van der Waals surface area contributed by atoms with E-state index in [0.29, 0.717) is 0 Å². The molecule has 19 heavy (non-hydrogen) atoms.